The van der Waals surface area contributed by atoms with E-state index in [4.69, 9.17) is 5.11 Å². The van der Waals surface area contributed by atoms with Crippen molar-refractivity contribution in [1.82, 2.24) is 0 Å². The lowest BCUT2D eigenvalue weighted by molar-refractivity contribution is 0.0696. The van der Waals surface area contributed by atoms with Crippen LogP contribution in [0.15, 0.2) is 54.6 Å². The molecule has 2 aromatic carbocycles. The predicted octanol–water partition coefficient (Wildman–Crippen LogP) is 3.91. The van der Waals surface area contributed by atoms with E-state index in [1.807, 2.05) is 42.5 Å². The molecule has 0 aliphatic rings. The molecule has 0 amide bonds. The largest absolute Gasteiger partial charge is 0.478 e. The molecule has 0 saturated heterocycles. The first-order valence-corrected chi connectivity index (χ1v) is 6.46. The first-order valence-electron chi connectivity index (χ1n) is 5.21. The van der Waals surface area contributed by atoms with E-state index in [-0.39, 0.29) is 3.92 Å². The van der Waals surface area contributed by atoms with Crippen molar-refractivity contribution in [2.24, 2.45) is 0 Å². The summed E-state index contributed by atoms with van der Waals surface area (Å²) in [6.45, 7) is 0. The van der Waals surface area contributed by atoms with Crippen molar-refractivity contribution in [3.05, 3.63) is 71.3 Å². The molecule has 2 aromatic rings. The Hall–Kier alpha value is -1.36. The lowest BCUT2D eigenvalue weighted by Gasteiger charge is -2.13. The van der Waals surface area contributed by atoms with E-state index >= 15 is 0 Å². The smallest absolute Gasteiger partial charge is 0.336 e. The zero-order valence-corrected chi connectivity index (χ0v) is 11.2. The molecule has 0 bridgehead atoms. The highest BCUT2D eigenvalue weighted by atomic mass is 127. The van der Waals surface area contributed by atoms with Gasteiger partial charge in [0.2, 0.25) is 0 Å². The molecular weight excluding hydrogens is 327 g/mol. The molecule has 86 valence electrons. The van der Waals surface area contributed by atoms with Gasteiger partial charge in [-0.3, -0.25) is 0 Å². The van der Waals surface area contributed by atoms with Gasteiger partial charge in [-0.2, -0.15) is 0 Å². The van der Waals surface area contributed by atoms with Gasteiger partial charge in [-0.15, -0.1) is 0 Å². The molecule has 0 aromatic heterocycles. The van der Waals surface area contributed by atoms with Gasteiger partial charge in [-0.05, 0) is 17.2 Å². The van der Waals surface area contributed by atoms with Gasteiger partial charge in [0.1, 0.15) is 0 Å². The summed E-state index contributed by atoms with van der Waals surface area (Å²) in [4.78, 5) is 11.2. The van der Waals surface area contributed by atoms with Crippen molar-refractivity contribution in [2.45, 2.75) is 3.92 Å². The van der Waals surface area contributed by atoms with Crippen LogP contribution in [0.25, 0.3) is 0 Å². The molecule has 0 heterocycles. The molecule has 3 heteroatoms. The molecule has 0 aliphatic carbocycles. The normalized spacial score (nSPS) is 12.1. The van der Waals surface area contributed by atoms with Crippen molar-refractivity contribution < 1.29 is 9.90 Å². The molecule has 0 fully saturated rings. The maximum Gasteiger partial charge on any atom is 0.336 e. The first-order chi connectivity index (χ1) is 8.20. The Morgan fingerprint density at radius 2 is 1.59 bits per heavy atom. The third-order valence-corrected chi connectivity index (χ3v) is 3.95. The molecule has 1 atom stereocenters. The lowest BCUT2D eigenvalue weighted by atomic mass is 10.00. The lowest BCUT2D eigenvalue weighted by Crippen LogP contribution is -2.04. The van der Waals surface area contributed by atoms with Crippen LogP contribution in [0.3, 0.4) is 0 Å². The van der Waals surface area contributed by atoms with Gasteiger partial charge in [0.25, 0.3) is 0 Å². The quantitative estimate of drug-likeness (QED) is 0.681. The predicted molar refractivity (Wildman–Crippen MR) is 75.7 cm³/mol. The minimum absolute atomic E-state index is 0.0566. The van der Waals surface area contributed by atoms with Gasteiger partial charge >= 0.3 is 5.97 Å². The summed E-state index contributed by atoms with van der Waals surface area (Å²) < 4.78 is 0.0566. The summed E-state index contributed by atoms with van der Waals surface area (Å²) in [5.41, 5.74) is 2.32. The van der Waals surface area contributed by atoms with Crippen molar-refractivity contribution >= 4 is 28.6 Å². The van der Waals surface area contributed by atoms with Gasteiger partial charge < -0.3 is 5.11 Å². The third kappa shape index (κ3) is 2.66. The molecule has 1 N–H and O–H groups in total. The number of benzene rings is 2. The van der Waals surface area contributed by atoms with Crippen LogP contribution in [0.4, 0.5) is 0 Å². The van der Waals surface area contributed by atoms with E-state index in [2.05, 4.69) is 22.6 Å². The minimum atomic E-state index is -0.877. The Labute approximate surface area is 113 Å². The van der Waals surface area contributed by atoms with Gasteiger partial charge in [0, 0.05) is 0 Å². The highest BCUT2D eigenvalue weighted by Gasteiger charge is 2.17. The van der Waals surface area contributed by atoms with E-state index in [1.165, 1.54) is 0 Å². The van der Waals surface area contributed by atoms with Crippen LogP contribution in [-0.2, 0) is 0 Å². The second kappa shape index (κ2) is 5.31. The van der Waals surface area contributed by atoms with E-state index in [9.17, 15) is 4.79 Å². The van der Waals surface area contributed by atoms with Crippen LogP contribution in [0.2, 0.25) is 0 Å². The fourth-order valence-corrected chi connectivity index (χ4v) is 2.67. The number of carboxylic acids is 1. The van der Waals surface area contributed by atoms with E-state index < -0.39 is 5.97 Å². The van der Waals surface area contributed by atoms with Crippen molar-refractivity contribution in [2.75, 3.05) is 0 Å². The fourth-order valence-electron chi connectivity index (χ4n) is 1.71. The third-order valence-electron chi connectivity index (χ3n) is 2.56. The summed E-state index contributed by atoms with van der Waals surface area (Å²) in [7, 11) is 0. The molecule has 0 spiro atoms. The van der Waals surface area contributed by atoms with Crippen LogP contribution in [0.1, 0.15) is 25.4 Å². The Morgan fingerprint density at radius 3 is 2.24 bits per heavy atom. The summed E-state index contributed by atoms with van der Waals surface area (Å²) in [6.07, 6.45) is 0. The summed E-state index contributed by atoms with van der Waals surface area (Å²) in [5.74, 6) is -0.877. The van der Waals surface area contributed by atoms with E-state index in [0.29, 0.717) is 5.56 Å². The number of aromatic carboxylic acids is 1. The summed E-state index contributed by atoms with van der Waals surface area (Å²) in [6, 6.07) is 17.0. The molecule has 1 unspecified atom stereocenters. The van der Waals surface area contributed by atoms with Gasteiger partial charge in [-0.25, -0.2) is 4.79 Å². The average molecular weight is 338 g/mol. The molecular formula is C14H11IO2. The Kier molecular flexibility index (Phi) is 3.78. The Bertz CT molecular complexity index is 523. The van der Waals surface area contributed by atoms with Crippen LogP contribution in [0.5, 0.6) is 0 Å². The number of carbonyl (C=O) groups is 1. The van der Waals surface area contributed by atoms with Crippen molar-refractivity contribution in [3.8, 4) is 0 Å². The highest BCUT2D eigenvalue weighted by Crippen LogP contribution is 2.33. The van der Waals surface area contributed by atoms with E-state index in [1.54, 1.807) is 12.1 Å². The molecule has 0 radical (unpaired) electrons. The SMILES string of the molecule is O=C(O)c1ccccc1C(I)c1ccccc1. The Morgan fingerprint density at radius 1 is 1.00 bits per heavy atom. The second-order valence-electron chi connectivity index (χ2n) is 3.67. The molecule has 0 saturated carbocycles. The zero-order chi connectivity index (χ0) is 12.3. The van der Waals surface area contributed by atoms with Gasteiger partial charge in [0.05, 0.1) is 9.49 Å². The van der Waals surface area contributed by atoms with Gasteiger partial charge in [-0.1, -0.05) is 71.1 Å². The number of rotatable bonds is 3. The van der Waals surface area contributed by atoms with Crippen molar-refractivity contribution in [3.63, 3.8) is 0 Å². The van der Waals surface area contributed by atoms with E-state index in [0.717, 1.165) is 11.1 Å². The number of hydrogen-bond donors (Lipinski definition) is 1. The molecule has 0 aliphatic heterocycles. The average Bonchev–Trinajstić information content (AvgIpc) is 2.39. The molecule has 2 nitrogen and oxygen atoms in total. The molecule has 2 rings (SSSR count). The zero-order valence-electron chi connectivity index (χ0n) is 9.01. The first kappa shape index (κ1) is 12.1. The number of halogens is 1. The number of carboxylic acid groups (broad SMARTS) is 1. The van der Waals surface area contributed by atoms with Crippen molar-refractivity contribution in [1.29, 1.82) is 0 Å². The van der Waals surface area contributed by atoms with Crippen LogP contribution in [-0.4, -0.2) is 11.1 Å². The minimum Gasteiger partial charge on any atom is -0.478 e. The molecule has 17 heavy (non-hydrogen) atoms. The fraction of sp³-hybridized carbons (Fsp3) is 0.0714. The summed E-state index contributed by atoms with van der Waals surface area (Å²) >= 11 is 2.27. The monoisotopic (exact) mass is 338 g/mol. The topological polar surface area (TPSA) is 37.3 Å². The van der Waals surface area contributed by atoms with Crippen LogP contribution in [0, 0.1) is 0 Å². The summed E-state index contributed by atoms with van der Waals surface area (Å²) in [5, 5.41) is 9.16. The second-order valence-corrected chi connectivity index (χ2v) is 4.91. The van der Waals surface area contributed by atoms with Crippen LogP contribution < -0.4 is 0 Å². The van der Waals surface area contributed by atoms with Gasteiger partial charge in [0.15, 0.2) is 0 Å². The Balaban J connectivity index is 2.44. The maximum absolute atomic E-state index is 11.2. The maximum atomic E-state index is 11.2. The number of hydrogen-bond acceptors (Lipinski definition) is 1. The number of alkyl halides is 1. The highest BCUT2D eigenvalue weighted by molar-refractivity contribution is 14.1. The standard InChI is InChI=1S/C14H11IO2/c15-13(10-6-2-1-3-7-10)11-8-4-5-9-12(11)14(16)17/h1-9,13H,(H,16,17). The van der Waals surface area contributed by atoms with Crippen LogP contribution >= 0.6 is 22.6 Å².